The lowest BCUT2D eigenvalue weighted by Crippen LogP contribution is -2.31. The van der Waals surface area contributed by atoms with Crippen LogP contribution in [0.25, 0.3) is 0 Å². The lowest BCUT2D eigenvalue weighted by molar-refractivity contribution is -0.142. The summed E-state index contributed by atoms with van der Waals surface area (Å²) in [5.41, 5.74) is 0. The van der Waals surface area contributed by atoms with Gasteiger partial charge in [-0.2, -0.15) is 0 Å². The molecule has 0 aromatic carbocycles. The fourth-order valence-electron chi connectivity index (χ4n) is 3.40. The SMILES string of the molecule is COC(=O)CCN(CCCOCCOCCOCCCN(CCC(=O)OC)CCC(=O)OC)CCC(=O)OC. The predicted octanol–water partition coefficient (Wildman–Crippen LogP) is 0.673. The first kappa shape index (κ1) is 36.7. The van der Waals surface area contributed by atoms with Crippen molar-refractivity contribution < 1.29 is 52.3 Å². The van der Waals surface area contributed by atoms with Crippen LogP contribution in [0.1, 0.15) is 38.5 Å². The van der Waals surface area contributed by atoms with Crippen LogP contribution in [-0.4, -0.2) is 141 Å². The highest BCUT2D eigenvalue weighted by Gasteiger charge is 2.12. The molecule has 0 unspecified atom stereocenters. The Morgan fingerprint density at radius 2 is 0.667 bits per heavy atom. The summed E-state index contributed by atoms with van der Waals surface area (Å²) in [7, 11) is 5.41. The number of rotatable bonds is 26. The topological polar surface area (TPSA) is 139 Å². The summed E-state index contributed by atoms with van der Waals surface area (Å²) in [6, 6.07) is 0. The molecule has 0 bridgehead atoms. The van der Waals surface area contributed by atoms with Gasteiger partial charge in [-0.3, -0.25) is 19.2 Å². The van der Waals surface area contributed by atoms with Crippen molar-refractivity contribution in [1.29, 1.82) is 0 Å². The lowest BCUT2D eigenvalue weighted by atomic mass is 10.3. The van der Waals surface area contributed by atoms with Crippen LogP contribution >= 0.6 is 0 Å². The first-order valence-corrected chi connectivity index (χ1v) is 13.3. The summed E-state index contributed by atoms with van der Waals surface area (Å²) in [6.45, 7) is 6.29. The minimum Gasteiger partial charge on any atom is -0.469 e. The van der Waals surface area contributed by atoms with E-state index >= 15 is 0 Å². The van der Waals surface area contributed by atoms with Gasteiger partial charge in [0, 0.05) is 52.5 Å². The highest BCUT2D eigenvalue weighted by atomic mass is 16.5. The van der Waals surface area contributed by atoms with Gasteiger partial charge < -0.3 is 43.0 Å². The fraction of sp³-hybridized carbons (Fsp3) is 0.846. The molecule has 0 aromatic rings. The van der Waals surface area contributed by atoms with Gasteiger partial charge in [0.1, 0.15) is 0 Å². The van der Waals surface area contributed by atoms with E-state index in [9.17, 15) is 19.2 Å². The second kappa shape index (κ2) is 25.9. The van der Waals surface area contributed by atoms with Gasteiger partial charge in [0.2, 0.25) is 0 Å². The molecule has 0 N–H and O–H groups in total. The molecule has 0 aliphatic rings. The van der Waals surface area contributed by atoms with Crippen LogP contribution in [0.4, 0.5) is 0 Å². The normalized spacial score (nSPS) is 11.0. The Hall–Kier alpha value is -2.32. The van der Waals surface area contributed by atoms with E-state index in [4.69, 9.17) is 14.2 Å². The van der Waals surface area contributed by atoms with E-state index in [2.05, 4.69) is 18.9 Å². The van der Waals surface area contributed by atoms with E-state index in [-0.39, 0.29) is 49.6 Å². The van der Waals surface area contributed by atoms with Gasteiger partial charge in [0.05, 0.1) is 80.6 Å². The molecule has 0 radical (unpaired) electrons. The molecule has 0 saturated carbocycles. The van der Waals surface area contributed by atoms with Crippen molar-refractivity contribution in [3.63, 3.8) is 0 Å². The van der Waals surface area contributed by atoms with E-state index < -0.39 is 0 Å². The van der Waals surface area contributed by atoms with Crippen molar-refractivity contribution in [2.75, 3.05) is 107 Å². The number of nitrogens with zero attached hydrogens (tertiary/aromatic N) is 2. The fourth-order valence-corrected chi connectivity index (χ4v) is 3.40. The molecule has 0 fully saturated rings. The van der Waals surface area contributed by atoms with E-state index in [0.717, 1.165) is 12.8 Å². The summed E-state index contributed by atoms with van der Waals surface area (Å²) in [5, 5.41) is 0. The average molecular weight is 565 g/mol. The molecule has 0 aliphatic heterocycles. The largest absolute Gasteiger partial charge is 0.469 e. The Kier molecular flexibility index (Phi) is 24.4. The maximum Gasteiger partial charge on any atom is 0.306 e. The number of ether oxygens (including phenoxy) is 7. The molecule has 0 heterocycles. The Morgan fingerprint density at radius 3 is 0.923 bits per heavy atom. The molecule has 0 aromatic heterocycles. The molecule has 0 amide bonds. The standard InChI is InChI=1S/C26H48N2O11/c1-33-23(29)7-13-27(14-8-24(30)34-2)11-5-17-37-19-21-39-22-20-38-18-6-12-28(15-9-25(31)35-3)16-10-26(32)36-4/h5-22H2,1-4H3. The zero-order chi connectivity index (χ0) is 29.1. The second-order valence-electron chi connectivity index (χ2n) is 8.53. The van der Waals surface area contributed by atoms with E-state index in [0.29, 0.717) is 78.9 Å². The molecular weight excluding hydrogens is 516 g/mol. The summed E-state index contributed by atoms with van der Waals surface area (Å²) in [6.07, 6.45) is 2.55. The zero-order valence-corrected chi connectivity index (χ0v) is 24.1. The highest BCUT2D eigenvalue weighted by Crippen LogP contribution is 2.01. The zero-order valence-electron chi connectivity index (χ0n) is 24.1. The molecule has 13 nitrogen and oxygen atoms in total. The lowest BCUT2D eigenvalue weighted by Gasteiger charge is -2.21. The van der Waals surface area contributed by atoms with Gasteiger partial charge >= 0.3 is 23.9 Å². The van der Waals surface area contributed by atoms with Crippen molar-refractivity contribution in [3.8, 4) is 0 Å². The van der Waals surface area contributed by atoms with Gasteiger partial charge in [-0.15, -0.1) is 0 Å². The van der Waals surface area contributed by atoms with Gasteiger partial charge in [-0.1, -0.05) is 0 Å². The van der Waals surface area contributed by atoms with Crippen molar-refractivity contribution in [1.82, 2.24) is 9.80 Å². The third kappa shape index (κ3) is 23.3. The van der Waals surface area contributed by atoms with Gasteiger partial charge in [-0.25, -0.2) is 0 Å². The molecule has 0 spiro atoms. The summed E-state index contributed by atoms with van der Waals surface area (Å²) < 4.78 is 35.4. The Morgan fingerprint density at radius 1 is 0.410 bits per heavy atom. The number of carbonyl (C=O) groups excluding carboxylic acids is 4. The summed E-state index contributed by atoms with van der Waals surface area (Å²) in [5.74, 6) is -1.15. The number of methoxy groups -OCH3 is 4. The molecule has 0 aliphatic carbocycles. The monoisotopic (exact) mass is 564 g/mol. The van der Waals surface area contributed by atoms with Crippen molar-refractivity contribution in [3.05, 3.63) is 0 Å². The van der Waals surface area contributed by atoms with Crippen molar-refractivity contribution in [2.24, 2.45) is 0 Å². The molecule has 228 valence electrons. The minimum absolute atomic E-state index is 0.261. The molecule has 13 heteroatoms. The number of esters is 4. The number of hydrogen-bond donors (Lipinski definition) is 0. The van der Waals surface area contributed by atoms with Gasteiger partial charge in [-0.05, 0) is 12.8 Å². The van der Waals surface area contributed by atoms with Crippen LogP contribution in [0.2, 0.25) is 0 Å². The number of hydrogen-bond acceptors (Lipinski definition) is 13. The van der Waals surface area contributed by atoms with Gasteiger partial charge in [0.25, 0.3) is 0 Å². The Balaban J connectivity index is 3.86. The molecule has 0 rings (SSSR count). The Bertz CT molecular complexity index is 570. The molecule has 39 heavy (non-hydrogen) atoms. The van der Waals surface area contributed by atoms with Crippen molar-refractivity contribution in [2.45, 2.75) is 38.5 Å². The average Bonchev–Trinajstić information content (AvgIpc) is 2.96. The van der Waals surface area contributed by atoms with E-state index in [1.54, 1.807) is 0 Å². The molecule has 0 atom stereocenters. The van der Waals surface area contributed by atoms with Crippen LogP contribution in [-0.2, 0) is 52.3 Å². The minimum atomic E-state index is -0.288. The quantitative estimate of drug-likeness (QED) is 0.0827. The van der Waals surface area contributed by atoms with Gasteiger partial charge in [0.15, 0.2) is 0 Å². The molecule has 0 saturated heterocycles. The van der Waals surface area contributed by atoms with Crippen LogP contribution < -0.4 is 0 Å². The smallest absolute Gasteiger partial charge is 0.306 e. The first-order valence-electron chi connectivity index (χ1n) is 13.3. The predicted molar refractivity (Wildman–Crippen MR) is 141 cm³/mol. The highest BCUT2D eigenvalue weighted by molar-refractivity contribution is 5.70. The second-order valence-corrected chi connectivity index (χ2v) is 8.53. The maximum absolute atomic E-state index is 11.4. The first-order chi connectivity index (χ1) is 18.9. The van der Waals surface area contributed by atoms with Crippen molar-refractivity contribution >= 4 is 23.9 Å². The van der Waals surface area contributed by atoms with Crippen LogP contribution in [0.15, 0.2) is 0 Å². The summed E-state index contributed by atoms with van der Waals surface area (Å²) >= 11 is 0. The van der Waals surface area contributed by atoms with E-state index in [1.165, 1.54) is 28.4 Å². The third-order valence-corrected chi connectivity index (χ3v) is 5.71. The molecular formula is C26H48N2O11. The Labute approximate surface area is 232 Å². The van der Waals surface area contributed by atoms with Crippen LogP contribution in [0.5, 0.6) is 0 Å². The van der Waals surface area contributed by atoms with Crippen LogP contribution in [0.3, 0.4) is 0 Å². The number of carbonyl (C=O) groups is 4. The third-order valence-electron chi connectivity index (χ3n) is 5.71. The van der Waals surface area contributed by atoms with E-state index in [1.807, 2.05) is 9.80 Å². The van der Waals surface area contributed by atoms with Crippen LogP contribution in [0, 0.1) is 0 Å². The maximum atomic E-state index is 11.4. The summed E-state index contributed by atoms with van der Waals surface area (Å²) in [4.78, 5) is 49.6.